The van der Waals surface area contributed by atoms with Crippen molar-refractivity contribution in [2.75, 3.05) is 10.0 Å². The third kappa shape index (κ3) is 5.06. The third-order valence-electron chi connectivity index (χ3n) is 4.01. The third-order valence-corrected chi connectivity index (χ3v) is 6.10. The fourth-order valence-corrected chi connectivity index (χ4v) is 4.28. The molecule has 29 heavy (non-hydrogen) atoms. The van der Waals surface area contributed by atoms with Crippen molar-refractivity contribution in [3.8, 4) is 0 Å². The van der Waals surface area contributed by atoms with E-state index in [0.717, 1.165) is 12.1 Å². The Balaban J connectivity index is 1.87. The number of hydrogen-bond donors (Lipinski definition) is 2. The Bertz CT molecular complexity index is 1180. The standard InChI is InChI=1S/C20H15Cl2FN2O3S/c1-12-2-6-16(24-20(26)17-9-5-14(23)10-18(17)22)11-19(12)29(27,28)25-15-7-3-13(21)4-8-15/h2-11,25H,1H3,(H,24,26). The summed E-state index contributed by atoms with van der Waals surface area (Å²) >= 11 is 11.7. The van der Waals surface area contributed by atoms with Crippen LogP contribution in [0.5, 0.6) is 0 Å². The second-order valence-electron chi connectivity index (χ2n) is 6.17. The van der Waals surface area contributed by atoms with Crippen molar-refractivity contribution in [2.24, 2.45) is 0 Å². The van der Waals surface area contributed by atoms with Gasteiger partial charge in [-0.15, -0.1) is 0 Å². The molecule has 0 heterocycles. The van der Waals surface area contributed by atoms with Crippen molar-refractivity contribution in [1.29, 1.82) is 0 Å². The Morgan fingerprint density at radius 1 is 0.931 bits per heavy atom. The lowest BCUT2D eigenvalue weighted by atomic mass is 10.2. The number of amides is 1. The minimum atomic E-state index is -3.91. The molecule has 0 unspecified atom stereocenters. The summed E-state index contributed by atoms with van der Waals surface area (Å²) in [6.07, 6.45) is 0. The van der Waals surface area contributed by atoms with Gasteiger partial charge in [0.2, 0.25) is 0 Å². The lowest BCUT2D eigenvalue weighted by molar-refractivity contribution is 0.102. The molecule has 9 heteroatoms. The monoisotopic (exact) mass is 452 g/mol. The Morgan fingerprint density at radius 2 is 1.59 bits per heavy atom. The van der Waals surface area contributed by atoms with E-state index in [9.17, 15) is 17.6 Å². The zero-order valence-corrected chi connectivity index (χ0v) is 17.4. The number of rotatable bonds is 5. The van der Waals surface area contributed by atoms with Gasteiger partial charge in [-0.1, -0.05) is 29.3 Å². The number of halogens is 3. The molecule has 0 aliphatic rings. The van der Waals surface area contributed by atoms with Gasteiger partial charge >= 0.3 is 0 Å². The summed E-state index contributed by atoms with van der Waals surface area (Å²) in [5.41, 5.74) is 1.15. The molecule has 3 rings (SSSR count). The Labute approximate surface area is 177 Å². The number of anilines is 2. The van der Waals surface area contributed by atoms with Crippen molar-refractivity contribution in [2.45, 2.75) is 11.8 Å². The Morgan fingerprint density at radius 3 is 2.24 bits per heavy atom. The highest BCUT2D eigenvalue weighted by atomic mass is 35.5. The molecule has 3 aromatic carbocycles. The SMILES string of the molecule is Cc1ccc(NC(=O)c2ccc(F)cc2Cl)cc1S(=O)(=O)Nc1ccc(Cl)cc1. The summed E-state index contributed by atoms with van der Waals surface area (Å²) in [6.45, 7) is 1.64. The van der Waals surface area contributed by atoms with E-state index in [1.165, 1.54) is 24.3 Å². The average Bonchev–Trinajstić information content (AvgIpc) is 2.64. The molecule has 5 nitrogen and oxygen atoms in total. The molecule has 0 saturated heterocycles. The molecule has 150 valence electrons. The minimum Gasteiger partial charge on any atom is -0.322 e. The van der Waals surface area contributed by atoms with Crippen LogP contribution in [0, 0.1) is 12.7 Å². The van der Waals surface area contributed by atoms with Gasteiger partial charge in [0.05, 0.1) is 15.5 Å². The van der Waals surface area contributed by atoms with Crippen LogP contribution in [0.3, 0.4) is 0 Å². The van der Waals surface area contributed by atoms with Gasteiger partial charge in [0.15, 0.2) is 0 Å². The fourth-order valence-electron chi connectivity index (χ4n) is 2.57. The van der Waals surface area contributed by atoms with Crippen LogP contribution in [-0.4, -0.2) is 14.3 Å². The number of hydrogen-bond acceptors (Lipinski definition) is 3. The highest BCUT2D eigenvalue weighted by Gasteiger charge is 2.19. The van der Waals surface area contributed by atoms with E-state index in [2.05, 4.69) is 10.0 Å². The maximum Gasteiger partial charge on any atom is 0.262 e. The maximum absolute atomic E-state index is 13.2. The van der Waals surface area contributed by atoms with Gasteiger partial charge in [0, 0.05) is 16.4 Å². The van der Waals surface area contributed by atoms with E-state index in [1.54, 1.807) is 31.2 Å². The molecule has 0 radical (unpaired) electrons. The van der Waals surface area contributed by atoms with Crippen molar-refractivity contribution in [3.63, 3.8) is 0 Å². The van der Waals surface area contributed by atoms with Crippen LogP contribution >= 0.6 is 23.2 Å². The van der Waals surface area contributed by atoms with Crippen LogP contribution < -0.4 is 10.0 Å². The van der Waals surface area contributed by atoms with E-state index in [0.29, 0.717) is 16.3 Å². The second kappa shape index (κ2) is 8.41. The van der Waals surface area contributed by atoms with Crippen molar-refractivity contribution in [3.05, 3.63) is 87.7 Å². The minimum absolute atomic E-state index is 0.00421. The second-order valence-corrected chi connectivity index (χ2v) is 8.67. The van der Waals surface area contributed by atoms with Crippen LogP contribution in [0.2, 0.25) is 10.0 Å². The van der Waals surface area contributed by atoms with Crippen LogP contribution in [0.4, 0.5) is 15.8 Å². The first-order valence-corrected chi connectivity index (χ1v) is 10.5. The zero-order chi connectivity index (χ0) is 21.2. The van der Waals surface area contributed by atoms with Crippen molar-refractivity contribution < 1.29 is 17.6 Å². The highest BCUT2D eigenvalue weighted by molar-refractivity contribution is 7.92. The normalized spacial score (nSPS) is 11.2. The highest BCUT2D eigenvalue weighted by Crippen LogP contribution is 2.25. The van der Waals surface area contributed by atoms with Crippen molar-refractivity contribution in [1.82, 2.24) is 0 Å². The van der Waals surface area contributed by atoms with Gasteiger partial charge in [-0.25, -0.2) is 12.8 Å². The van der Waals surface area contributed by atoms with Gasteiger partial charge in [-0.2, -0.15) is 0 Å². The summed E-state index contributed by atoms with van der Waals surface area (Å²) in [5, 5.41) is 3.00. The number of carbonyl (C=O) groups is 1. The van der Waals surface area contributed by atoms with Gasteiger partial charge in [0.1, 0.15) is 5.82 Å². The molecule has 0 atom stereocenters. The molecule has 0 aliphatic heterocycles. The molecular formula is C20H15Cl2FN2O3S. The largest absolute Gasteiger partial charge is 0.322 e. The molecular weight excluding hydrogens is 438 g/mol. The van der Waals surface area contributed by atoms with E-state index in [4.69, 9.17) is 23.2 Å². The van der Waals surface area contributed by atoms with Crippen LogP contribution in [0.15, 0.2) is 65.6 Å². The molecule has 0 aliphatic carbocycles. The number of nitrogens with one attached hydrogen (secondary N) is 2. The molecule has 0 bridgehead atoms. The van der Waals surface area contributed by atoms with Crippen LogP contribution in [0.1, 0.15) is 15.9 Å². The number of sulfonamides is 1. The van der Waals surface area contributed by atoms with Gasteiger partial charge in [-0.3, -0.25) is 9.52 Å². The lowest BCUT2D eigenvalue weighted by Crippen LogP contribution is -2.16. The zero-order valence-electron chi connectivity index (χ0n) is 15.0. The van der Waals surface area contributed by atoms with E-state index >= 15 is 0 Å². The van der Waals surface area contributed by atoms with Gasteiger partial charge in [0.25, 0.3) is 15.9 Å². The number of aryl methyl sites for hydroxylation is 1. The van der Waals surface area contributed by atoms with Gasteiger partial charge in [-0.05, 0) is 67.1 Å². The first-order chi connectivity index (χ1) is 13.7. The predicted octanol–water partition coefficient (Wildman–Crippen LogP) is 5.49. The molecule has 3 aromatic rings. The molecule has 0 aromatic heterocycles. The molecule has 0 fully saturated rings. The number of benzene rings is 3. The predicted molar refractivity (Wildman–Crippen MR) is 113 cm³/mol. The molecule has 2 N–H and O–H groups in total. The summed E-state index contributed by atoms with van der Waals surface area (Å²) in [5.74, 6) is -1.16. The first kappa shape index (κ1) is 21.1. The van der Waals surface area contributed by atoms with Crippen LogP contribution in [-0.2, 0) is 10.0 Å². The Kier molecular flexibility index (Phi) is 6.12. The maximum atomic E-state index is 13.2. The Hall–Kier alpha value is -2.61. The summed E-state index contributed by atoms with van der Waals surface area (Å²) in [4.78, 5) is 12.4. The summed E-state index contributed by atoms with van der Waals surface area (Å²) < 4.78 is 41.2. The summed E-state index contributed by atoms with van der Waals surface area (Å²) in [7, 11) is -3.91. The van der Waals surface area contributed by atoms with E-state index in [-0.39, 0.29) is 21.2 Å². The van der Waals surface area contributed by atoms with E-state index < -0.39 is 21.7 Å². The van der Waals surface area contributed by atoms with Crippen LogP contribution in [0.25, 0.3) is 0 Å². The van der Waals surface area contributed by atoms with Gasteiger partial charge < -0.3 is 5.32 Å². The fraction of sp³-hybridized carbons (Fsp3) is 0.0500. The quantitative estimate of drug-likeness (QED) is 0.536. The lowest BCUT2D eigenvalue weighted by Gasteiger charge is -2.13. The smallest absolute Gasteiger partial charge is 0.262 e. The first-order valence-electron chi connectivity index (χ1n) is 8.31. The summed E-state index contributed by atoms with van der Waals surface area (Å²) in [6, 6.07) is 14.1. The molecule has 1 amide bonds. The van der Waals surface area contributed by atoms with Crippen molar-refractivity contribution >= 4 is 50.5 Å². The molecule has 0 spiro atoms. The molecule has 0 saturated carbocycles. The average molecular weight is 453 g/mol. The van der Waals surface area contributed by atoms with E-state index in [1.807, 2.05) is 0 Å². The topological polar surface area (TPSA) is 75.3 Å². The number of carbonyl (C=O) groups excluding carboxylic acids is 1.